The van der Waals surface area contributed by atoms with Gasteiger partial charge in [0, 0.05) is 12.1 Å². The molecule has 0 saturated heterocycles. The minimum absolute atomic E-state index is 0.00815. The number of nitrogens with zero attached hydrogens (tertiary/aromatic N) is 2. The normalized spacial score (nSPS) is 11.3. The van der Waals surface area contributed by atoms with Crippen LogP contribution in [0, 0.1) is 10.1 Å². The number of non-ortho nitro benzene ring substituents is 1. The Kier molecular flexibility index (Phi) is 5.91. The summed E-state index contributed by atoms with van der Waals surface area (Å²) < 4.78 is 0. The summed E-state index contributed by atoms with van der Waals surface area (Å²) >= 11 is 0. The molecule has 0 unspecified atom stereocenters. The number of hydrogen-bond acceptors (Lipinski definition) is 4. The van der Waals surface area contributed by atoms with Crippen LogP contribution in [-0.2, 0) is 4.79 Å². The van der Waals surface area contributed by atoms with Crippen molar-refractivity contribution in [3.05, 3.63) is 112 Å². The van der Waals surface area contributed by atoms with Gasteiger partial charge in [0.15, 0.2) is 0 Å². The molecule has 0 radical (unpaired) electrons. The summed E-state index contributed by atoms with van der Waals surface area (Å²) in [5.74, 6) is -0.741. The Balaban J connectivity index is 1.82. The monoisotopic (exact) mass is 373 g/mol. The van der Waals surface area contributed by atoms with E-state index >= 15 is 0 Å². The van der Waals surface area contributed by atoms with Crippen molar-refractivity contribution in [3.8, 4) is 0 Å². The van der Waals surface area contributed by atoms with Crippen molar-refractivity contribution in [1.29, 1.82) is 0 Å². The number of nitro benzene ring substituents is 1. The van der Waals surface area contributed by atoms with Crippen LogP contribution in [-0.4, -0.2) is 16.5 Å². The molecule has 0 atom stereocenters. The smallest absolute Gasteiger partial charge is 0.269 e. The van der Waals surface area contributed by atoms with Crippen LogP contribution >= 0.6 is 0 Å². The topological polar surface area (TPSA) is 84.6 Å². The molecule has 140 valence electrons. The molecule has 1 amide bonds. The summed E-state index contributed by atoms with van der Waals surface area (Å²) in [6, 6.07) is 25.0. The Hall–Kier alpha value is -3.80. The van der Waals surface area contributed by atoms with Gasteiger partial charge in [0.1, 0.15) is 0 Å². The Labute approximate surface area is 162 Å². The van der Waals surface area contributed by atoms with Gasteiger partial charge in [0.25, 0.3) is 11.6 Å². The number of carbonyl (C=O) groups excluding carboxylic acids is 1. The molecular formula is C22H19N3O3. The van der Waals surface area contributed by atoms with Crippen LogP contribution in [0.25, 0.3) is 0 Å². The fourth-order valence-electron chi connectivity index (χ4n) is 2.88. The lowest BCUT2D eigenvalue weighted by molar-refractivity contribution is -0.384. The third-order valence-corrected chi connectivity index (χ3v) is 4.36. The highest BCUT2D eigenvalue weighted by Gasteiger charge is 2.22. The lowest BCUT2D eigenvalue weighted by Crippen LogP contribution is -2.27. The molecule has 0 fully saturated rings. The van der Waals surface area contributed by atoms with Crippen molar-refractivity contribution in [2.45, 2.75) is 12.8 Å². The van der Waals surface area contributed by atoms with E-state index in [1.165, 1.54) is 12.1 Å². The molecule has 6 nitrogen and oxygen atoms in total. The molecular weight excluding hydrogens is 354 g/mol. The number of hydrazone groups is 1. The summed E-state index contributed by atoms with van der Waals surface area (Å²) in [7, 11) is 0. The van der Waals surface area contributed by atoms with Crippen molar-refractivity contribution < 1.29 is 9.72 Å². The van der Waals surface area contributed by atoms with Gasteiger partial charge < -0.3 is 0 Å². The minimum atomic E-state index is -0.490. The predicted molar refractivity (Wildman–Crippen MR) is 108 cm³/mol. The third-order valence-electron chi connectivity index (χ3n) is 4.36. The average molecular weight is 373 g/mol. The van der Waals surface area contributed by atoms with E-state index in [1.807, 2.05) is 60.7 Å². The lowest BCUT2D eigenvalue weighted by Gasteiger charge is -2.16. The van der Waals surface area contributed by atoms with E-state index < -0.39 is 10.8 Å². The maximum absolute atomic E-state index is 12.9. The molecule has 0 bridgehead atoms. The number of hydrogen-bond donors (Lipinski definition) is 1. The van der Waals surface area contributed by atoms with E-state index in [-0.39, 0.29) is 11.6 Å². The van der Waals surface area contributed by atoms with Crippen LogP contribution in [0.5, 0.6) is 0 Å². The largest absolute Gasteiger partial charge is 0.272 e. The molecule has 1 N–H and O–H groups in total. The Morgan fingerprint density at radius 2 is 1.39 bits per heavy atom. The maximum Gasteiger partial charge on any atom is 0.269 e. The molecule has 0 aliphatic carbocycles. The number of amides is 1. The quantitative estimate of drug-likeness (QED) is 0.398. The van der Waals surface area contributed by atoms with Gasteiger partial charge in [0.2, 0.25) is 0 Å². The van der Waals surface area contributed by atoms with Gasteiger partial charge in [-0.05, 0) is 35.7 Å². The molecule has 0 heterocycles. The van der Waals surface area contributed by atoms with Gasteiger partial charge >= 0.3 is 0 Å². The zero-order chi connectivity index (χ0) is 19.9. The first kappa shape index (κ1) is 19.0. The molecule has 0 aliphatic heterocycles. The zero-order valence-electron chi connectivity index (χ0n) is 15.3. The number of benzene rings is 3. The highest BCUT2D eigenvalue weighted by atomic mass is 16.6. The van der Waals surface area contributed by atoms with Crippen molar-refractivity contribution >= 4 is 17.3 Å². The highest BCUT2D eigenvalue weighted by Crippen LogP contribution is 2.24. The van der Waals surface area contributed by atoms with E-state index in [0.29, 0.717) is 11.3 Å². The van der Waals surface area contributed by atoms with Crippen molar-refractivity contribution in [2.75, 3.05) is 0 Å². The standard InChI is InChI=1S/C22H19N3O3/c1-16(17-12-14-20(15-13-17)25(27)28)23-24-22(26)21(18-8-4-2-5-9-18)19-10-6-3-7-11-19/h2-15,21H,1H3,(H,24,26)/b23-16+. The van der Waals surface area contributed by atoms with Crippen LogP contribution in [0.1, 0.15) is 29.5 Å². The van der Waals surface area contributed by atoms with E-state index in [4.69, 9.17) is 0 Å². The first-order valence-corrected chi connectivity index (χ1v) is 8.75. The Bertz CT molecular complexity index is 945. The molecule has 28 heavy (non-hydrogen) atoms. The summed E-state index contributed by atoms with van der Waals surface area (Å²) in [6.45, 7) is 1.74. The molecule has 0 spiro atoms. The zero-order valence-corrected chi connectivity index (χ0v) is 15.3. The van der Waals surface area contributed by atoms with Gasteiger partial charge in [-0.25, -0.2) is 5.43 Å². The fourth-order valence-corrected chi connectivity index (χ4v) is 2.88. The third kappa shape index (κ3) is 4.48. The average Bonchev–Trinajstić information content (AvgIpc) is 2.74. The van der Waals surface area contributed by atoms with Gasteiger partial charge in [-0.3, -0.25) is 14.9 Å². The van der Waals surface area contributed by atoms with E-state index in [0.717, 1.165) is 11.1 Å². The van der Waals surface area contributed by atoms with Gasteiger partial charge in [-0.2, -0.15) is 5.10 Å². The second kappa shape index (κ2) is 8.73. The molecule has 0 aliphatic rings. The van der Waals surface area contributed by atoms with Gasteiger partial charge in [-0.1, -0.05) is 60.7 Å². The van der Waals surface area contributed by atoms with Crippen molar-refractivity contribution in [2.24, 2.45) is 5.10 Å². The van der Waals surface area contributed by atoms with Crippen LogP contribution in [0.15, 0.2) is 90.0 Å². The summed E-state index contributed by atoms with van der Waals surface area (Å²) in [6.07, 6.45) is 0. The van der Waals surface area contributed by atoms with E-state index in [2.05, 4.69) is 10.5 Å². The second-order valence-corrected chi connectivity index (χ2v) is 6.23. The van der Waals surface area contributed by atoms with Crippen LogP contribution in [0.2, 0.25) is 0 Å². The first-order chi connectivity index (χ1) is 13.6. The fraction of sp³-hybridized carbons (Fsp3) is 0.0909. The maximum atomic E-state index is 12.9. The lowest BCUT2D eigenvalue weighted by atomic mass is 9.91. The number of carbonyl (C=O) groups is 1. The first-order valence-electron chi connectivity index (χ1n) is 8.75. The SMILES string of the molecule is C/C(=N\NC(=O)C(c1ccccc1)c1ccccc1)c1ccc([N+](=O)[O-])cc1. The number of nitro groups is 1. The van der Waals surface area contributed by atoms with E-state index in [1.54, 1.807) is 19.1 Å². The van der Waals surface area contributed by atoms with Crippen LogP contribution in [0.4, 0.5) is 5.69 Å². The molecule has 0 saturated carbocycles. The second-order valence-electron chi connectivity index (χ2n) is 6.23. The van der Waals surface area contributed by atoms with Crippen LogP contribution in [0.3, 0.4) is 0 Å². The van der Waals surface area contributed by atoms with Crippen molar-refractivity contribution in [3.63, 3.8) is 0 Å². The van der Waals surface area contributed by atoms with E-state index in [9.17, 15) is 14.9 Å². The molecule has 6 heteroatoms. The summed E-state index contributed by atoms with van der Waals surface area (Å²) in [5.41, 5.74) is 5.63. The van der Waals surface area contributed by atoms with Gasteiger partial charge in [0.05, 0.1) is 16.6 Å². The summed E-state index contributed by atoms with van der Waals surface area (Å²) in [5, 5.41) is 14.9. The predicted octanol–water partition coefficient (Wildman–Crippen LogP) is 4.27. The summed E-state index contributed by atoms with van der Waals surface area (Å²) in [4.78, 5) is 23.2. The minimum Gasteiger partial charge on any atom is -0.272 e. The van der Waals surface area contributed by atoms with Crippen LogP contribution < -0.4 is 5.43 Å². The molecule has 3 rings (SSSR count). The molecule has 3 aromatic rings. The molecule has 0 aromatic heterocycles. The number of rotatable bonds is 6. The van der Waals surface area contributed by atoms with Gasteiger partial charge in [-0.15, -0.1) is 0 Å². The van der Waals surface area contributed by atoms with Crippen molar-refractivity contribution in [1.82, 2.24) is 5.43 Å². The highest BCUT2D eigenvalue weighted by molar-refractivity contribution is 5.99. The number of nitrogens with one attached hydrogen (secondary N) is 1. The molecule has 3 aromatic carbocycles. The Morgan fingerprint density at radius 3 is 1.86 bits per heavy atom. The Morgan fingerprint density at radius 1 is 0.893 bits per heavy atom.